The van der Waals surface area contributed by atoms with E-state index in [1.165, 1.54) is 29.5 Å². The van der Waals surface area contributed by atoms with E-state index in [0.717, 1.165) is 31.0 Å². The van der Waals surface area contributed by atoms with Crippen molar-refractivity contribution in [3.63, 3.8) is 0 Å². The molecule has 0 radical (unpaired) electrons. The average Bonchev–Trinajstić information content (AvgIpc) is 3.00. The Morgan fingerprint density at radius 1 is 1.29 bits per heavy atom. The van der Waals surface area contributed by atoms with E-state index < -0.39 is 0 Å². The molecule has 0 saturated carbocycles. The smallest absolute Gasteiger partial charge is 0.122 e. The maximum Gasteiger partial charge on any atom is 0.122 e. The van der Waals surface area contributed by atoms with Crippen LogP contribution in [0.2, 0.25) is 0 Å². The monoisotopic (exact) mass is 334 g/mol. The number of hydrogen-bond acceptors (Lipinski definition) is 5. The highest BCUT2D eigenvalue weighted by Gasteiger charge is 2.25. The number of methoxy groups -OCH3 is 1. The van der Waals surface area contributed by atoms with Crippen molar-refractivity contribution < 1.29 is 14.7 Å². The second kappa shape index (κ2) is 9.04. The van der Waals surface area contributed by atoms with Gasteiger partial charge in [0.1, 0.15) is 12.4 Å². The van der Waals surface area contributed by atoms with Gasteiger partial charge in [0, 0.05) is 26.1 Å². The number of benzene rings is 1. The lowest BCUT2D eigenvalue weighted by Gasteiger charge is -2.25. The third-order valence-electron chi connectivity index (χ3n) is 4.97. The van der Waals surface area contributed by atoms with Gasteiger partial charge in [0.15, 0.2) is 0 Å². The summed E-state index contributed by atoms with van der Waals surface area (Å²) in [5.74, 6) is 0.939. The van der Waals surface area contributed by atoms with Crippen molar-refractivity contribution >= 4 is 5.71 Å². The second-order valence-corrected chi connectivity index (χ2v) is 6.62. The fourth-order valence-electron chi connectivity index (χ4n) is 3.35. The Morgan fingerprint density at radius 2 is 2.08 bits per heavy atom. The van der Waals surface area contributed by atoms with E-state index in [-0.39, 0.29) is 0 Å². The van der Waals surface area contributed by atoms with Crippen LogP contribution < -0.4 is 4.74 Å². The molecule has 1 atom stereocenters. The molecule has 1 aliphatic rings. The molecule has 1 aromatic rings. The van der Waals surface area contributed by atoms with Crippen molar-refractivity contribution in [2.75, 3.05) is 26.9 Å². The van der Waals surface area contributed by atoms with Crippen molar-refractivity contribution in [1.29, 1.82) is 0 Å². The maximum atomic E-state index is 8.92. The lowest BCUT2D eigenvalue weighted by Crippen LogP contribution is -2.30. The molecule has 5 nitrogen and oxygen atoms in total. The van der Waals surface area contributed by atoms with E-state index in [4.69, 9.17) is 14.7 Å². The Bertz CT molecular complexity index is 572. The molecule has 0 spiro atoms. The van der Waals surface area contributed by atoms with Gasteiger partial charge in [-0.05, 0) is 62.9 Å². The first-order chi connectivity index (χ1) is 11.6. The maximum absolute atomic E-state index is 8.92. The quantitative estimate of drug-likeness (QED) is 0.342. The SMILES string of the molecule is COCCOc1ccc(CN2CCCC2C/C(C)=N\O)c(C)c1C. The molecule has 1 fully saturated rings. The van der Waals surface area contributed by atoms with Crippen molar-refractivity contribution in [2.45, 2.75) is 52.6 Å². The van der Waals surface area contributed by atoms with Crippen LogP contribution in [0.3, 0.4) is 0 Å². The molecule has 5 heteroatoms. The van der Waals surface area contributed by atoms with E-state index in [1.807, 2.05) is 6.92 Å². The minimum atomic E-state index is 0.471. The van der Waals surface area contributed by atoms with Crippen LogP contribution >= 0.6 is 0 Å². The van der Waals surface area contributed by atoms with Crippen molar-refractivity contribution in [3.05, 3.63) is 28.8 Å². The summed E-state index contributed by atoms with van der Waals surface area (Å²) >= 11 is 0. The molecule has 0 amide bonds. The molecule has 134 valence electrons. The fraction of sp³-hybridized carbons (Fsp3) is 0.632. The molecule has 24 heavy (non-hydrogen) atoms. The van der Waals surface area contributed by atoms with Gasteiger partial charge in [-0.1, -0.05) is 11.2 Å². The summed E-state index contributed by atoms with van der Waals surface area (Å²) in [7, 11) is 1.68. The zero-order valence-corrected chi connectivity index (χ0v) is 15.3. The lowest BCUT2D eigenvalue weighted by atomic mass is 10.0. The van der Waals surface area contributed by atoms with Gasteiger partial charge in [-0.3, -0.25) is 4.90 Å². The third-order valence-corrected chi connectivity index (χ3v) is 4.97. The summed E-state index contributed by atoms with van der Waals surface area (Å²) in [5.41, 5.74) is 4.65. The van der Waals surface area contributed by atoms with E-state index >= 15 is 0 Å². The van der Waals surface area contributed by atoms with Gasteiger partial charge in [-0.2, -0.15) is 0 Å². The summed E-state index contributed by atoms with van der Waals surface area (Å²) < 4.78 is 10.8. The lowest BCUT2D eigenvalue weighted by molar-refractivity contribution is 0.146. The molecule has 1 saturated heterocycles. The van der Waals surface area contributed by atoms with Crippen LogP contribution in [0.15, 0.2) is 17.3 Å². The first-order valence-corrected chi connectivity index (χ1v) is 8.69. The van der Waals surface area contributed by atoms with E-state index in [2.05, 4.69) is 36.0 Å². The number of ether oxygens (including phenoxy) is 2. The van der Waals surface area contributed by atoms with Gasteiger partial charge in [0.2, 0.25) is 0 Å². The van der Waals surface area contributed by atoms with Crippen LogP contribution in [0.4, 0.5) is 0 Å². The van der Waals surface area contributed by atoms with Gasteiger partial charge in [-0.25, -0.2) is 0 Å². The average molecular weight is 334 g/mol. The number of rotatable bonds is 8. The van der Waals surface area contributed by atoms with Gasteiger partial charge in [0.25, 0.3) is 0 Å². The minimum Gasteiger partial charge on any atom is -0.491 e. The van der Waals surface area contributed by atoms with Crippen LogP contribution in [-0.4, -0.2) is 48.7 Å². The predicted molar refractivity (Wildman–Crippen MR) is 96.2 cm³/mol. The highest BCUT2D eigenvalue weighted by atomic mass is 16.5. The molecule has 0 aliphatic carbocycles. The van der Waals surface area contributed by atoms with Crippen molar-refractivity contribution in [2.24, 2.45) is 5.16 Å². The molecular weight excluding hydrogens is 304 g/mol. The molecule has 1 aromatic carbocycles. The zero-order valence-electron chi connectivity index (χ0n) is 15.3. The zero-order chi connectivity index (χ0) is 17.5. The Kier molecular flexibility index (Phi) is 7.06. The van der Waals surface area contributed by atoms with Gasteiger partial charge >= 0.3 is 0 Å². The van der Waals surface area contributed by atoms with Crippen molar-refractivity contribution in [1.82, 2.24) is 4.90 Å². The van der Waals surface area contributed by atoms with Crippen LogP contribution in [0.25, 0.3) is 0 Å². The van der Waals surface area contributed by atoms with Gasteiger partial charge < -0.3 is 14.7 Å². The largest absolute Gasteiger partial charge is 0.491 e. The number of nitrogens with zero attached hydrogens (tertiary/aromatic N) is 2. The fourth-order valence-corrected chi connectivity index (χ4v) is 3.35. The van der Waals surface area contributed by atoms with Crippen LogP contribution in [0, 0.1) is 13.8 Å². The van der Waals surface area contributed by atoms with Crippen LogP contribution in [0.1, 0.15) is 42.9 Å². The summed E-state index contributed by atoms with van der Waals surface area (Å²) in [6, 6.07) is 4.71. The summed E-state index contributed by atoms with van der Waals surface area (Å²) in [4.78, 5) is 2.50. The van der Waals surface area contributed by atoms with Gasteiger partial charge in [-0.15, -0.1) is 0 Å². The molecule has 0 bridgehead atoms. The first kappa shape index (κ1) is 18.7. The molecule has 1 N–H and O–H groups in total. The predicted octanol–water partition coefficient (Wildman–Crippen LogP) is 3.53. The first-order valence-electron chi connectivity index (χ1n) is 8.69. The summed E-state index contributed by atoms with van der Waals surface area (Å²) in [6.45, 7) is 9.39. The van der Waals surface area contributed by atoms with Crippen LogP contribution in [-0.2, 0) is 11.3 Å². The third kappa shape index (κ3) is 4.71. The summed E-state index contributed by atoms with van der Waals surface area (Å²) in [5, 5.41) is 12.3. The second-order valence-electron chi connectivity index (χ2n) is 6.62. The Labute approximate surface area is 145 Å². The topological polar surface area (TPSA) is 54.3 Å². The van der Waals surface area contributed by atoms with E-state index in [9.17, 15) is 0 Å². The number of likely N-dealkylation sites (tertiary alicyclic amines) is 1. The Hall–Kier alpha value is -1.59. The highest BCUT2D eigenvalue weighted by Crippen LogP contribution is 2.28. The molecule has 1 unspecified atom stereocenters. The molecular formula is C19H30N2O3. The Morgan fingerprint density at radius 3 is 2.79 bits per heavy atom. The number of oxime groups is 1. The normalized spacial score (nSPS) is 19.0. The minimum absolute atomic E-state index is 0.471. The standard InChI is InChI=1S/C19H30N2O3/c1-14(20-22)12-18-6-5-9-21(18)13-17-7-8-19(16(3)15(17)2)24-11-10-23-4/h7-8,18,22H,5-6,9-13H2,1-4H3/b20-14-. The Balaban J connectivity index is 2.05. The molecule has 0 aromatic heterocycles. The highest BCUT2D eigenvalue weighted by molar-refractivity contribution is 5.81. The number of hydrogen-bond donors (Lipinski definition) is 1. The van der Waals surface area contributed by atoms with E-state index in [0.29, 0.717) is 19.3 Å². The van der Waals surface area contributed by atoms with Crippen LogP contribution in [0.5, 0.6) is 5.75 Å². The van der Waals surface area contributed by atoms with Crippen molar-refractivity contribution in [3.8, 4) is 5.75 Å². The van der Waals surface area contributed by atoms with E-state index in [1.54, 1.807) is 7.11 Å². The molecule has 1 aliphatic heterocycles. The molecule has 2 rings (SSSR count). The van der Waals surface area contributed by atoms with Gasteiger partial charge in [0.05, 0.1) is 12.3 Å². The molecule has 1 heterocycles. The summed E-state index contributed by atoms with van der Waals surface area (Å²) in [6.07, 6.45) is 3.22.